The van der Waals surface area contributed by atoms with Gasteiger partial charge >= 0.3 is 0 Å². The molecule has 0 aliphatic rings. The van der Waals surface area contributed by atoms with Gasteiger partial charge in [-0.25, -0.2) is 0 Å². The summed E-state index contributed by atoms with van der Waals surface area (Å²) in [6, 6.07) is 25.2. The number of carbonyl (C=O) groups excluding carboxylic acids is 1. The molecule has 0 spiro atoms. The number of hydrogen-bond donors (Lipinski definition) is 1. The summed E-state index contributed by atoms with van der Waals surface area (Å²) in [7, 11) is 0. The lowest BCUT2D eigenvalue weighted by atomic mass is 10.1. The second-order valence-corrected chi connectivity index (χ2v) is 8.00. The number of nitrogens with one attached hydrogen (secondary N) is 1. The number of thioether (sulfide) groups is 1. The first-order chi connectivity index (χ1) is 14.6. The number of aryl methyl sites for hydroxylation is 2. The number of carbonyl (C=O) groups is 1. The number of nitrogens with zero attached hydrogens (tertiary/aromatic N) is 4. The SMILES string of the molecule is Cc1ccc(-n2nnnc2SC(C(=O)Nc2ccccc2)c2ccccc2)c(C)c1. The lowest BCUT2D eigenvalue weighted by Crippen LogP contribution is -2.19. The molecule has 4 rings (SSSR count). The van der Waals surface area contributed by atoms with Gasteiger partial charge in [-0.1, -0.05) is 78.0 Å². The predicted octanol–water partition coefficient (Wildman–Crippen LogP) is 4.75. The molecular formula is C23H21N5OS. The summed E-state index contributed by atoms with van der Waals surface area (Å²) in [6.07, 6.45) is 0. The fraction of sp³-hybridized carbons (Fsp3) is 0.130. The first-order valence-corrected chi connectivity index (χ1v) is 10.4. The molecule has 0 aliphatic heterocycles. The maximum absolute atomic E-state index is 13.2. The molecule has 0 bridgehead atoms. The molecule has 30 heavy (non-hydrogen) atoms. The van der Waals surface area contributed by atoms with E-state index < -0.39 is 5.25 Å². The number of para-hydroxylation sites is 1. The average Bonchev–Trinajstić information content (AvgIpc) is 3.21. The molecule has 1 heterocycles. The van der Waals surface area contributed by atoms with Crippen LogP contribution in [0.2, 0.25) is 0 Å². The molecule has 1 amide bonds. The van der Waals surface area contributed by atoms with Crippen LogP contribution in [-0.4, -0.2) is 26.1 Å². The van der Waals surface area contributed by atoms with Crippen molar-refractivity contribution < 1.29 is 4.79 Å². The van der Waals surface area contributed by atoms with Gasteiger partial charge in [0.2, 0.25) is 11.1 Å². The minimum absolute atomic E-state index is 0.132. The highest BCUT2D eigenvalue weighted by molar-refractivity contribution is 8.00. The van der Waals surface area contributed by atoms with Crippen LogP contribution < -0.4 is 5.32 Å². The zero-order valence-electron chi connectivity index (χ0n) is 16.7. The molecule has 1 unspecified atom stereocenters. The van der Waals surface area contributed by atoms with Crippen LogP contribution in [0.5, 0.6) is 0 Å². The van der Waals surface area contributed by atoms with E-state index in [9.17, 15) is 4.79 Å². The highest BCUT2D eigenvalue weighted by atomic mass is 32.2. The summed E-state index contributed by atoms with van der Waals surface area (Å²) in [5.74, 6) is -0.132. The number of benzene rings is 3. The van der Waals surface area contributed by atoms with Gasteiger partial charge in [-0.05, 0) is 53.6 Å². The van der Waals surface area contributed by atoms with Crippen LogP contribution in [-0.2, 0) is 4.79 Å². The van der Waals surface area contributed by atoms with Gasteiger partial charge in [-0.15, -0.1) is 5.10 Å². The maximum Gasteiger partial charge on any atom is 0.242 e. The molecule has 1 N–H and O–H groups in total. The van der Waals surface area contributed by atoms with Crippen molar-refractivity contribution in [2.45, 2.75) is 24.3 Å². The van der Waals surface area contributed by atoms with Gasteiger partial charge in [0.05, 0.1) is 5.69 Å². The Morgan fingerprint density at radius 2 is 1.67 bits per heavy atom. The molecule has 0 saturated carbocycles. The summed E-state index contributed by atoms with van der Waals surface area (Å²) in [4.78, 5) is 13.2. The summed E-state index contributed by atoms with van der Waals surface area (Å²) < 4.78 is 1.69. The second-order valence-electron chi connectivity index (χ2n) is 6.93. The largest absolute Gasteiger partial charge is 0.325 e. The summed E-state index contributed by atoms with van der Waals surface area (Å²) in [5, 5.41) is 15.3. The number of amides is 1. The highest BCUT2D eigenvalue weighted by Crippen LogP contribution is 2.36. The summed E-state index contributed by atoms with van der Waals surface area (Å²) in [6.45, 7) is 4.07. The van der Waals surface area contributed by atoms with E-state index in [4.69, 9.17) is 0 Å². The number of aromatic nitrogens is 4. The Bertz CT molecular complexity index is 1140. The fourth-order valence-corrected chi connectivity index (χ4v) is 4.17. The lowest BCUT2D eigenvalue weighted by Gasteiger charge is -2.17. The molecule has 0 aliphatic carbocycles. The zero-order chi connectivity index (χ0) is 20.9. The Morgan fingerprint density at radius 1 is 0.967 bits per heavy atom. The molecule has 6 nitrogen and oxygen atoms in total. The first kappa shape index (κ1) is 19.8. The van der Waals surface area contributed by atoms with Crippen molar-refractivity contribution in [3.63, 3.8) is 0 Å². The molecular weight excluding hydrogens is 394 g/mol. The van der Waals surface area contributed by atoms with Crippen LogP contribution in [0.25, 0.3) is 5.69 Å². The van der Waals surface area contributed by atoms with Crippen molar-refractivity contribution in [1.82, 2.24) is 20.2 Å². The third-order valence-electron chi connectivity index (χ3n) is 4.63. The normalized spacial score (nSPS) is 11.8. The Kier molecular flexibility index (Phi) is 5.90. The van der Waals surface area contributed by atoms with Crippen molar-refractivity contribution in [3.05, 3.63) is 95.6 Å². The molecule has 4 aromatic rings. The van der Waals surface area contributed by atoms with Crippen LogP contribution in [0.4, 0.5) is 5.69 Å². The highest BCUT2D eigenvalue weighted by Gasteiger charge is 2.25. The monoisotopic (exact) mass is 415 g/mol. The Balaban J connectivity index is 1.67. The number of tetrazole rings is 1. The second kappa shape index (κ2) is 8.92. The molecule has 1 atom stereocenters. The number of anilines is 1. The van der Waals surface area contributed by atoms with E-state index in [1.165, 1.54) is 17.3 Å². The van der Waals surface area contributed by atoms with Crippen LogP contribution in [0.15, 0.2) is 84.0 Å². The molecule has 0 radical (unpaired) electrons. The van der Waals surface area contributed by atoms with E-state index in [0.29, 0.717) is 5.16 Å². The minimum Gasteiger partial charge on any atom is -0.325 e. The van der Waals surface area contributed by atoms with Crippen LogP contribution in [0.3, 0.4) is 0 Å². The van der Waals surface area contributed by atoms with E-state index >= 15 is 0 Å². The fourth-order valence-electron chi connectivity index (χ4n) is 3.18. The Labute approximate surface area is 179 Å². The van der Waals surface area contributed by atoms with Gasteiger partial charge in [0, 0.05) is 5.69 Å². The van der Waals surface area contributed by atoms with Gasteiger partial charge in [0.1, 0.15) is 5.25 Å². The van der Waals surface area contributed by atoms with E-state index in [1.54, 1.807) is 4.68 Å². The van der Waals surface area contributed by atoms with Crippen molar-refractivity contribution in [2.24, 2.45) is 0 Å². The van der Waals surface area contributed by atoms with Crippen LogP contribution in [0, 0.1) is 13.8 Å². The quantitative estimate of drug-likeness (QED) is 0.460. The van der Waals surface area contributed by atoms with E-state index in [1.807, 2.05) is 86.6 Å². The smallest absolute Gasteiger partial charge is 0.242 e. The van der Waals surface area contributed by atoms with E-state index in [2.05, 4.69) is 26.9 Å². The van der Waals surface area contributed by atoms with Crippen molar-refractivity contribution in [1.29, 1.82) is 0 Å². The van der Waals surface area contributed by atoms with Gasteiger partial charge in [0.15, 0.2) is 0 Å². The maximum atomic E-state index is 13.2. The van der Waals surface area contributed by atoms with Gasteiger partial charge in [0.25, 0.3) is 0 Å². The van der Waals surface area contributed by atoms with Crippen molar-refractivity contribution in [2.75, 3.05) is 5.32 Å². The minimum atomic E-state index is -0.512. The van der Waals surface area contributed by atoms with Crippen molar-refractivity contribution >= 4 is 23.4 Å². The molecule has 0 fully saturated rings. The molecule has 0 saturated heterocycles. The third-order valence-corrected chi connectivity index (χ3v) is 5.81. The van der Waals surface area contributed by atoms with E-state index in [-0.39, 0.29) is 5.91 Å². The summed E-state index contributed by atoms with van der Waals surface area (Å²) >= 11 is 1.33. The summed E-state index contributed by atoms with van der Waals surface area (Å²) in [5.41, 5.74) is 4.75. The zero-order valence-corrected chi connectivity index (χ0v) is 17.5. The van der Waals surface area contributed by atoms with E-state index in [0.717, 1.165) is 22.5 Å². The Morgan fingerprint density at radius 3 is 2.37 bits per heavy atom. The molecule has 7 heteroatoms. The third kappa shape index (κ3) is 4.41. The van der Waals surface area contributed by atoms with Crippen LogP contribution >= 0.6 is 11.8 Å². The Hall–Kier alpha value is -3.45. The molecule has 3 aromatic carbocycles. The standard InChI is InChI=1S/C23H21N5OS/c1-16-13-14-20(17(2)15-16)28-23(25-26-27-28)30-21(18-9-5-3-6-10-18)22(29)24-19-11-7-4-8-12-19/h3-15,21H,1-2H3,(H,24,29). The average molecular weight is 416 g/mol. The van der Waals surface area contributed by atoms with Gasteiger partial charge in [-0.3, -0.25) is 4.79 Å². The first-order valence-electron chi connectivity index (χ1n) is 9.55. The molecule has 150 valence electrons. The van der Waals surface area contributed by atoms with Gasteiger partial charge < -0.3 is 5.32 Å². The lowest BCUT2D eigenvalue weighted by molar-refractivity contribution is -0.115. The number of hydrogen-bond acceptors (Lipinski definition) is 5. The van der Waals surface area contributed by atoms with Crippen molar-refractivity contribution in [3.8, 4) is 5.69 Å². The topological polar surface area (TPSA) is 72.7 Å². The van der Waals surface area contributed by atoms with Gasteiger partial charge in [-0.2, -0.15) is 4.68 Å². The van der Waals surface area contributed by atoms with Crippen LogP contribution in [0.1, 0.15) is 21.9 Å². The predicted molar refractivity (Wildman–Crippen MR) is 119 cm³/mol. The molecule has 1 aromatic heterocycles. The number of rotatable bonds is 6.